The SMILES string of the molecule is COCOc1cc(C)c(C(C)C)cc1C(=O)NCC(=S)CC1CCN(Cc2ccccc2)CC1. The molecule has 0 aromatic heterocycles. The molecule has 1 saturated heterocycles. The van der Waals surface area contributed by atoms with Gasteiger partial charge >= 0.3 is 0 Å². The number of aryl methyl sites for hydroxylation is 1. The van der Waals surface area contributed by atoms with Gasteiger partial charge in [0, 0.05) is 25.1 Å². The Kier molecular flexibility index (Phi) is 10.1. The van der Waals surface area contributed by atoms with Crippen LogP contribution in [0.5, 0.6) is 5.75 Å². The second-order valence-corrected chi connectivity index (χ2v) is 10.1. The van der Waals surface area contributed by atoms with Gasteiger partial charge in [-0.2, -0.15) is 0 Å². The standard InChI is InChI=1S/C28H38N2O3S/c1-20(2)25-16-26(27(14-21(25)3)33-19-32-4)28(31)29-17-24(34)15-22-10-12-30(13-11-22)18-23-8-6-5-7-9-23/h5-9,14,16,20,22H,10-13,15,17-19H2,1-4H3,(H,29,31). The molecule has 0 spiro atoms. The molecule has 5 nitrogen and oxygen atoms in total. The van der Waals surface area contributed by atoms with Crippen molar-refractivity contribution in [2.45, 2.75) is 52.5 Å². The van der Waals surface area contributed by atoms with E-state index < -0.39 is 0 Å². The number of piperidine rings is 1. The fourth-order valence-electron chi connectivity index (χ4n) is 4.60. The number of hydrogen-bond donors (Lipinski definition) is 1. The topological polar surface area (TPSA) is 50.8 Å². The van der Waals surface area contributed by atoms with Gasteiger partial charge in [0.15, 0.2) is 6.79 Å². The van der Waals surface area contributed by atoms with Gasteiger partial charge in [0.1, 0.15) is 5.75 Å². The molecule has 3 rings (SSSR count). The van der Waals surface area contributed by atoms with E-state index in [4.69, 9.17) is 21.7 Å². The van der Waals surface area contributed by atoms with Crippen LogP contribution in [0.2, 0.25) is 0 Å². The van der Waals surface area contributed by atoms with Crippen molar-refractivity contribution >= 4 is 23.0 Å². The third-order valence-corrected chi connectivity index (χ3v) is 6.80. The molecule has 1 heterocycles. The van der Waals surface area contributed by atoms with Crippen molar-refractivity contribution in [3.05, 3.63) is 64.7 Å². The predicted octanol–water partition coefficient (Wildman–Crippen LogP) is 5.50. The van der Waals surface area contributed by atoms with Crippen LogP contribution in [-0.2, 0) is 11.3 Å². The van der Waals surface area contributed by atoms with Crippen LogP contribution < -0.4 is 10.1 Å². The first-order chi connectivity index (χ1) is 16.4. The van der Waals surface area contributed by atoms with Gasteiger partial charge in [-0.15, -0.1) is 0 Å². The zero-order valence-electron chi connectivity index (χ0n) is 20.9. The predicted molar refractivity (Wildman–Crippen MR) is 142 cm³/mol. The molecule has 1 aliphatic heterocycles. The van der Waals surface area contributed by atoms with Gasteiger partial charge < -0.3 is 14.8 Å². The molecule has 2 aromatic rings. The van der Waals surface area contributed by atoms with Crippen LogP contribution in [0.15, 0.2) is 42.5 Å². The fraction of sp³-hybridized carbons (Fsp3) is 0.500. The Morgan fingerprint density at radius 2 is 1.88 bits per heavy atom. The van der Waals surface area contributed by atoms with E-state index in [9.17, 15) is 4.79 Å². The highest BCUT2D eigenvalue weighted by atomic mass is 32.1. The van der Waals surface area contributed by atoms with Crippen molar-refractivity contribution in [3.8, 4) is 5.75 Å². The van der Waals surface area contributed by atoms with E-state index in [1.165, 1.54) is 5.56 Å². The van der Waals surface area contributed by atoms with Gasteiger partial charge in [-0.05, 0) is 79.9 Å². The van der Waals surface area contributed by atoms with Crippen LogP contribution in [0.25, 0.3) is 0 Å². The molecule has 1 fully saturated rings. The van der Waals surface area contributed by atoms with Crippen LogP contribution in [0.1, 0.15) is 66.1 Å². The van der Waals surface area contributed by atoms with Gasteiger partial charge in [0.25, 0.3) is 5.91 Å². The van der Waals surface area contributed by atoms with E-state index in [1.807, 2.05) is 19.1 Å². The Bertz CT molecular complexity index is 954. The van der Waals surface area contributed by atoms with E-state index in [1.54, 1.807) is 7.11 Å². The number of hydrogen-bond acceptors (Lipinski definition) is 5. The second kappa shape index (κ2) is 13.0. The molecule has 0 aliphatic carbocycles. The van der Waals surface area contributed by atoms with Gasteiger partial charge in [-0.1, -0.05) is 56.4 Å². The number of methoxy groups -OCH3 is 1. The minimum absolute atomic E-state index is 0.0993. The number of nitrogens with one attached hydrogen (secondary N) is 1. The average Bonchev–Trinajstić information content (AvgIpc) is 2.83. The van der Waals surface area contributed by atoms with Crippen molar-refractivity contribution < 1.29 is 14.3 Å². The summed E-state index contributed by atoms with van der Waals surface area (Å²) in [5, 5.41) is 3.02. The molecule has 6 heteroatoms. The summed E-state index contributed by atoms with van der Waals surface area (Å²) in [4.78, 5) is 16.5. The summed E-state index contributed by atoms with van der Waals surface area (Å²) in [7, 11) is 1.57. The van der Waals surface area contributed by atoms with E-state index in [-0.39, 0.29) is 12.7 Å². The van der Waals surface area contributed by atoms with Crippen LogP contribution >= 0.6 is 12.2 Å². The third-order valence-electron chi connectivity index (χ3n) is 6.49. The minimum Gasteiger partial charge on any atom is -0.467 e. The largest absolute Gasteiger partial charge is 0.467 e. The monoisotopic (exact) mass is 482 g/mol. The van der Waals surface area contributed by atoms with Crippen molar-refractivity contribution in [1.29, 1.82) is 0 Å². The summed E-state index contributed by atoms with van der Waals surface area (Å²) in [6.45, 7) is 9.99. The lowest BCUT2D eigenvalue weighted by molar-refractivity contribution is 0.0501. The van der Waals surface area contributed by atoms with Crippen molar-refractivity contribution in [1.82, 2.24) is 10.2 Å². The first-order valence-corrected chi connectivity index (χ1v) is 12.6. The highest BCUT2D eigenvalue weighted by Gasteiger charge is 2.21. The Morgan fingerprint density at radius 3 is 2.53 bits per heavy atom. The number of nitrogens with zero attached hydrogens (tertiary/aromatic N) is 1. The van der Waals surface area contributed by atoms with E-state index in [0.29, 0.717) is 29.7 Å². The maximum absolute atomic E-state index is 13.0. The zero-order valence-corrected chi connectivity index (χ0v) is 21.7. The summed E-state index contributed by atoms with van der Waals surface area (Å²) in [6, 6.07) is 14.5. The number of carbonyl (C=O) groups is 1. The van der Waals surface area contributed by atoms with Gasteiger partial charge in [0.2, 0.25) is 0 Å². The lowest BCUT2D eigenvalue weighted by Gasteiger charge is -2.32. The Hall–Kier alpha value is -2.28. The summed E-state index contributed by atoms with van der Waals surface area (Å²) in [5.41, 5.74) is 4.14. The second-order valence-electron chi connectivity index (χ2n) is 9.54. The van der Waals surface area contributed by atoms with E-state index in [2.05, 4.69) is 54.4 Å². The number of ether oxygens (including phenoxy) is 2. The third kappa shape index (κ3) is 7.62. The number of benzene rings is 2. The van der Waals surface area contributed by atoms with Gasteiger partial charge in [-0.3, -0.25) is 9.69 Å². The van der Waals surface area contributed by atoms with Crippen molar-refractivity contribution in [3.63, 3.8) is 0 Å². The summed E-state index contributed by atoms with van der Waals surface area (Å²) in [5.74, 6) is 1.28. The lowest BCUT2D eigenvalue weighted by atomic mass is 9.91. The van der Waals surface area contributed by atoms with Crippen LogP contribution in [-0.4, -0.2) is 49.2 Å². The van der Waals surface area contributed by atoms with Crippen LogP contribution in [0, 0.1) is 12.8 Å². The maximum Gasteiger partial charge on any atom is 0.255 e. The summed E-state index contributed by atoms with van der Waals surface area (Å²) in [6.07, 6.45) is 3.17. The number of carbonyl (C=O) groups excluding carboxylic acids is 1. The molecule has 1 aliphatic rings. The molecule has 184 valence electrons. The molecule has 0 radical (unpaired) electrons. The Balaban J connectivity index is 1.50. The molecule has 34 heavy (non-hydrogen) atoms. The maximum atomic E-state index is 13.0. The van der Waals surface area contributed by atoms with Gasteiger partial charge in [-0.25, -0.2) is 0 Å². The number of thiocarbonyl (C=S) groups is 1. The molecule has 1 N–H and O–H groups in total. The molecule has 1 amide bonds. The molecule has 0 atom stereocenters. The Labute approximate surface area is 209 Å². The number of likely N-dealkylation sites (tertiary alicyclic amines) is 1. The molecule has 0 bridgehead atoms. The van der Waals surface area contributed by atoms with Gasteiger partial charge in [0.05, 0.1) is 5.56 Å². The fourth-order valence-corrected chi connectivity index (χ4v) is 4.91. The first-order valence-electron chi connectivity index (χ1n) is 12.2. The van der Waals surface area contributed by atoms with Crippen molar-refractivity contribution in [2.24, 2.45) is 5.92 Å². The Morgan fingerprint density at radius 1 is 1.18 bits per heavy atom. The molecular formula is C28H38N2O3S. The van der Waals surface area contributed by atoms with Crippen LogP contribution in [0.3, 0.4) is 0 Å². The summed E-state index contributed by atoms with van der Waals surface area (Å²) >= 11 is 5.65. The molecule has 0 unspecified atom stereocenters. The molecular weight excluding hydrogens is 444 g/mol. The number of rotatable bonds is 11. The molecule has 0 saturated carbocycles. The number of amides is 1. The van der Waals surface area contributed by atoms with Crippen LogP contribution in [0.4, 0.5) is 0 Å². The summed E-state index contributed by atoms with van der Waals surface area (Å²) < 4.78 is 10.7. The normalized spacial score (nSPS) is 14.9. The zero-order chi connectivity index (χ0) is 24.5. The average molecular weight is 483 g/mol. The van der Waals surface area contributed by atoms with Crippen molar-refractivity contribution in [2.75, 3.05) is 33.5 Å². The highest BCUT2D eigenvalue weighted by Crippen LogP contribution is 2.28. The quantitative estimate of drug-likeness (QED) is 0.338. The lowest BCUT2D eigenvalue weighted by Crippen LogP contribution is -2.35. The smallest absolute Gasteiger partial charge is 0.255 e. The van der Waals surface area contributed by atoms with E-state index in [0.717, 1.165) is 54.9 Å². The highest BCUT2D eigenvalue weighted by molar-refractivity contribution is 7.80. The van der Waals surface area contributed by atoms with E-state index >= 15 is 0 Å². The molecule has 2 aromatic carbocycles. The minimum atomic E-state index is -0.159. The first kappa shape index (κ1) is 26.3.